The Labute approximate surface area is 267 Å². The van der Waals surface area contributed by atoms with E-state index in [0.29, 0.717) is 0 Å². The molecule has 9 amide bonds. The minimum absolute atomic E-state index is 0.00118. The van der Waals surface area contributed by atoms with E-state index in [2.05, 4.69) is 26.6 Å². The van der Waals surface area contributed by atoms with Crippen LogP contribution in [0.25, 0.3) is 0 Å². The molecule has 2 saturated heterocycles. The van der Waals surface area contributed by atoms with Crippen LogP contribution < -0.4 is 26.6 Å². The smallest absolute Gasteiger partial charge is 0.249 e. The van der Waals surface area contributed by atoms with Crippen molar-refractivity contribution in [2.45, 2.75) is 91.6 Å². The summed E-state index contributed by atoms with van der Waals surface area (Å²) in [5.74, 6) is -5.73. The summed E-state index contributed by atoms with van der Waals surface area (Å²) in [5.41, 5.74) is 0. The molecule has 6 unspecified atom stereocenters. The normalized spacial score (nSPS) is 20.6. The third-order valence-electron chi connectivity index (χ3n) is 7.50. The van der Waals surface area contributed by atoms with Crippen molar-refractivity contribution in [3.63, 3.8) is 0 Å². The highest BCUT2D eigenvalue weighted by Crippen LogP contribution is 2.21. The van der Waals surface area contributed by atoms with Gasteiger partial charge in [-0.05, 0) is 27.7 Å². The number of ether oxygens (including phenoxy) is 1. The minimum atomic E-state index is -1.37. The van der Waals surface area contributed by atoms with Crippen LogP contribution in [-0.2, 0) is 47.9 Å². The van der Waals surface area contributed by atoms with E-state index in [0.717, 1.165) is 9.80 Å². The molecule has 17 heteroatoms. The molecule has 0 aliphatic carbocycles. The van der Waals surface area contributed by atoms with Crippen molar-refractivity contribution in [2.75, 3.05) is 26.2 Å². The number of carbonyl (C=O) groups excluding carboxylic acids is 9. The van der Waals surface area contributed by atoms with Gasteiger partial charge >= 0.3 is 0 Å². The largest absolute Gasteiger partial charge is 0.369 e. The fourth-order valence-electron chi connectivity index (χ4n) is 4.89. The first-order valence-electron chi connectivity index (χ1n) is 15.3. The Morgan fingerprint density at radius 3 is 1.89 bits per heavy atom. The molecule has 2 aliphatic heterocycles. The Morgan fingerprint density at radius 1 is 0.783 bits per heavy atom. The summed E-state index contributed by atoms with van der Waals surface area (Å²) in [6.45, 7) is 9.40. The Bertz CT molecular complexity index is 1220. The van der Waals surface area contributed by atoms with Gasteiger partial charge in [0.1, 0.15) is 18.2 Å². The van der Waals surface area contributed by atoms with Gasteiger partial charge in [0.2, 0.25) is 53.2 Å². The van der Waals surface area contributed by atoms with Crippen LogP contribution in [0, 0.1) is 11.8 Å². The van der Waals surface area contributed by atoms with E-state index >= 15 is 0 Å². The van der Waals surface area contributed by atoms with Crippen LogP contribution in [0.3, 0.4) is 0 Å². The number of rotatable bonds is 17. The fourth-order valence-corrected chi connectivity index (χ4v) is 4.89. The average molecular weight is 652 g/mol. The molecule has 0 aromatic carbocycles. The Morgan fingerprint density at radius 2 is 1.35 bits per heavy atom. The first-order chi connectivity index (χ1) is 21.6. The highest BCUT2D eigenvalue weighted by molar-refractivity contribution is 6.07. The van der Waals surface area contributed by atoms with E-state index in [9.17, 15) is 43.2 Å². The molecule has 256 valence electrons. The lowest BCUT2D eigenvalue weighted by Gasteiger charge is -2.26. The second-order valence-electron chi connectivity index (χ2n) is 11.4. The van der Waals surface area contributed by atoms with Crippen molar-refractivity contribution in [2.24, 2.45) is 11.8 Å². The summed E-state index contributed by atoms with van der Waals surface area (Å²) in [5, 5.41) is 12.6. The monoisotopic (exact) mass is 651 g/mol. The number of imide groups is 2. The summed E-state index contributed by atoms with van der Waals surface area (Å²) in [4.78, 5) is 113. The van der Waals surface area contributed by atoms with Crippen LogP contribution in [0.15, 0.2) is 0 Å². The van der Waals surface area contributed by atoms with E-state index in [-0.39, 0.29) is 57.3 Å². The van der Waals surface area contributed by atoms with Gasteiger partial charge in [-0.25, -0.2) is 0 Å². The molecule has 0 radical (unpaired) electrons. The quantitative estimate of drug-likeness (QED) is 0.0640. The first kappa shape index (κ1) is 37.8. The number of amides is 9. The van der Waals surface area contributed by atoms with Crippen molar-refractivity contribution in [3.8, 4) is 0 Å². The molecular formula is C29H45N7O10. The number of nitrogens with zero attached hydrogens (tertiary/aromatic N) is 2. The van der Waals surface area contributed by atoms with Gasteiger partial charge in [-0.3, -0.25) is 53.0 Å². The molecule has 0 saturated carbocycles. The molecular weight excluding hydrogens is 606 g/mol. The van der Waals surface area contributed by atoms with Gasteiger partial charge in [0.15, 0.2) is 0 Å². The summed E-state index contributed by atoms with van der Waals surface area (Å²) in [7, 11) is 0. The number of nitrogens with one attached hydrogen (secondary N) is 5. The third kappa shape index (κ3) is 10.6. The van der Waals surface area contributed by atoms with Crippen LogP contribution >= 0.6 is 0 Å². The molecule has 0 aromatic rings. The fraction of sp³-hybridized carbons (Fsp3) is 0.690. The maximum Gasteiger partial charge on any atom is 0.249 e. The molecule has 0 aromatic heterocycles. The average Bonchev–Trinajstić information content (AvgIpc) is 3.38. The van der Waals surface area contributed by atoms with Crippen molar-refractivity contribution < 1.29 is 47.9 Å². The summed E-state index contributed by atoms with van der Waals surface area (Å²) >= 11 is 0. The maximum atomic E-state index is 13.1. The van der Waals surface area contributed by atoms with Crippen LogP contribution in [0.4, 0.5) is 0 Å². The van der Waals surface area contributed by atoms with Crippen LogP contribution in [-0.4, -0.2) is 114 Å². The standard InChI is InChI=1S/C29H45N7O10/c1-7-46-18(5)26(42)34-20(27(43)33-19(6)32-25(41)17(4)36-24(40)13-16(3)29(36)45)14-22(38)31-10-9-30-21(37)8-11-35-23(39)12-15(2)28(35)44/h15-20H,7-14H2,1-6H3,(H,30,37)(H,31,38)(H,32,41)(H,33,43)(H,34,42). The lowest BCUT2D eigenvalue weighted by atomic mass is 10.1. The highest BCUT2D eigenvalue weighted by Gasteiger charge is 2.41. The molecule has 46 heavy (non-hydrogen) atoms. The summed E-state index contributed by atoms with van der Waals surface area (Å²) < 4.78 is 5.25. The Hall–Kier alpha value is -4.41. The number of hydrogen-bond donors (Lipinski definition) is 5. The maximum absolute atomic E-state index is 13.1. The van der Waals surface area contributed by atoms with Gasteiger partial charge in [-0.2, -0.15) is 0 Å². The zero-order valence-corrected chi connectivity index (χ0v) is 27.1. The van der Waals surface area contributed by atoms with Gasteiger partial charge in [-0.15, -0.1) is 0 Å². The van der Waals surface area contributed by atoms with Crippen LogP contribution in [0.1, 0.15) is 67.2 Å². The molecule has 2 heterocycles. The molecule has 5 N–H and O–H groups in total. The number of likely N-dealkylation sites (tertiary alicyclic amines) is 2. The second kappa shape index (κ2) is 17.3. The summed E-state index contributed by atoms with van der Waals surface area (Å²) in [6, 6.07) is -2.49. The lowest BCUT2D eigenvalue weighted by molar-refractivity contribution is -0.147. The zero-order valence-electron chi connectivity index (χ0n) is 27.1. The van der Waals surface area contributed by atoms with E-state index < -0.39 is 84.0 Å². The zero-order chi connectivity index (χ0) is 34.7. The SMILES string of the molecule is CCOC(C)C(=O)NC(CC(=O)NCCNC(=O)CCN1C(=O)CC(C)C1=O)C(=O)NC(C)NC(=O)C(C)N1C(=O)CC(C)C1=O. The van der Waals surface area contributed by atoms with Gasteiger partial charge in [0, 0.05) is 57.3 Å². The third-order valence-corrected chi connectivity index (χ3v) is 7.50. The van der Waals surface area contributed by atoms with Gasteiger partial charge in [-0.1, -0.05) is 13.8 Å². The van der Waals surface area contributed by atoms with Gasteiger partial charge in [0.05, 0.1) is 12.6 Å². The minimum Gasteiger partial charge on any atom is -0.369 e. The lowest BCUT2D eigenvalue weighted by Crippen LogP contribution is -2.58. The van der Waals surface area contributed by atoms with Crippen LogP contribution in [0.2, 0.25) is 0 Å². The van der Waals surface area contributed by atoms with E-state index in [4.69, 9.17) is 4.74 Å². The first-order valence-corrected chi connectivity index (χ1v) is 15.3. The van der Waals surface area contributed by atoms with Crippen LogP contribution in [0.5, 0.6) is 0 Å². The van der Waals surface area contributed by atoms with E-state index in [1.165, 1.54) is 20.8 Å². The molecule has 2 fully saturated rings. The Balaban J connectivity index is 1.89. The van der Waals surface area contributed by atoms with Gasteiger partial charge < -0.3 is 31.3 Å². The molecule has 0 bridgehead atoms. The molecule has 2 aliphatic rings. The van der Waals surface area contributed by atoms with Crippen molar-refractivity contribution in [1.82, 2.24) is 36.4 Å². The van der Waals surface area contributed by atoms with Crippen molar-refractivity contribution >= 4 is 53.2 Å². The van der Waals surface area contributed by atoms with E-state index in [1.54, 1.807) is 20.8 Å². The molecule has 17 nitrogen and oxygen atoms in total. The summed E-state index contributed by atoms with van der Waals surface area (Å²) in [6.07, 6.45) is -2.41. The second-order valence-corrected chi connectivity index (χ2v) is 11.4. The van der Waals surface area contributed by atoms with E-state index in [1.807, 2.05) is 0 Å². The molecule has 2 rings (SSSR count). The van der Waals surface area contributed by atoms with Crippen molar-refractivity contribution in [3.05, 3.63) is 0 Å². The number of carbonyl (C=O) groups is 9. The van der Waals surface area contributed by atoms with Crippen molar-refractivity contribution in [1.29, 1.82) is 0 Å². The predicted octanol–water partition coefficient (Wildman–Crippen LogP) is -2.33. The molecule has 0 spiro atoms. The number of hydrogen-bond acceptors (Lipinski definition) is 10. The topological polar surface area (TPSA) is 229 Å². The Kier molecular flexibility index (Phi) is 14.2. The highest BCUT2D eigenvalue weighted by atomic mass is 16.5. The molecule has 6 atom stereocenters. The predicted molar refractivity (Wildman–Crippen MR) is 160 cm³/mol. The van der Waals surface area contributed by atoms with Gasteiger partial charge in [0.25, 0.3) is 0 Å².